The van der Waals surface area contributed by atoms with E-state index in [1.807, 2.05) is 11.8 Å². The molecule has 0 spiro atoms. The Morgan fingerprint density at radius 1 is 1.24 bits per heavy atom. The quantitative estimate of drug-likeness (QED) is 0.811. The first-order valence-corrected chi connectivity index (χ1v) is 7.82. The number of aromatic amines is 1. The van der Waals surface area contributed by atoms with Gasteiger partial charge in [-0.25, -0.2) is 0 Å². The van der Waals surface area contributed by atoms with Crippen LogP contribution in [0.5, 0.6) is 0 Å². The Hall–Kier alpha value is -0.700. The molecule has 2 nitrogen and oxygen atoms in total. The molecule has 1 saturated carbocycles. The van der Waals surface area contributed by atoms with Crippen molar-refractivity contribution in [2.24, 2.45) is 0 Å². The van der Waals surface area contributed by atoms with Gasteiger partial charge in [0.15, 0.2) is 6.29 Å². The van der Waals surface area contributed by atoms with Crippen LogP contribution < -0.4 is 0 Å². The van der Waals surface area contributed by atoms with Gasteiger partial charge in [0.1, 0.15) is 0 Å². The maximum Gasteiger partial charge on any atom is 0.152 e. The lowest BCUT2D eigenvalue weighted by Crippen LogP contribution is -2.07. The number of rotatable bonds is 2. The van der Waals surface area contributed by atoms with Crippen molar-refractivity contribution in [3.8, 4) is 0 Å². The number of aldehydes is 1. The van der Waals surface area contributed by atoms with E-state index < -0.39 is 0 Å². The van der Waals surface area contributed by atoms with Crippen molar-refractivity contribution in [2.75, 3.05) is 5.75 Å². The molecule has 1 aliphatic heterocycles. The van der Waals surface area contributed by atoms with Gasteiger partial charge in [-0.05, 0) is 36.5 Å². The maximum atomic E-state index is 11.4. The average molecular weight is 249 g/mol. The largest absolute Gasteiger partial charge is 0.361 e. The van der Waals surface area contributed by atoms with Crippen LogP contribution in [0.2, 0.25) is 0 Å². The van der Waals surface area contributed by atoms with Crippen LogP contribution >= 0.6 is 11.8 Å². The number of carbonyl (C=O) groups is 1. The first-order valence-electron chi connectivity index (χ1n) is 6.66. The molecular weight excluding hydrogens is 230 g/mol. The second-order valence-corrected chi connectivity index (χ2v) is 6.27. The van der Waals surface area contributed by atoms with Crippen LogP contribution in [-0.4, -0.2) is 17.0 Å². The molecular formula is C14H19NOS. The summed E-state index contributed by atoms with van der Waals surface area (Å²) in [6.45, 7) is 0. The molecule has 1 aliphatic carbocycles. The van der Waals surface area contributed by atoms with Crippen LogP contribution in [0, 0.1) is 0 Å². The second-order valence-electron chi connectivity index (χ2n) is 5.16. The van der Waals surface area contributed by atoms with Gasteiger partial charge < -0.3 is 4.98 Å². The van der Waals surface area contributed by atoms with Crippen LogP contribution in [0.4, 0.5) is 0 Å². The normalized spacial score (nSPS) is 21.2. The van der Waals surface area contributed by atoms with Crippen molar-refractivity contribution >= 4 is 18.0 Å². The van der Waals surface area contributed by atoms with E-state index in [-0.39, 0.29) is 0 Å². The predicted molar refractivity (Wildman–Crippen MR) is 71.9 cm³/mol. The zero-order valence-corrected chi connectivity index (χ0v) is 10.9. The molecule has 0 atom stereocenters. The summed E-state index contributed by atoms with van der Waals surface area (Å²) in [5.41, 5.74) is 4.90. The molecule has 3 heteroatoms. The number of fused-ring (bicyclic) bond motifs is 1. The van der Waals surface area contributed by atoms with Crippen molar-refractivity contribution in [3.05, 3.63) is 22.5 Å². The molecule has 0 saturated heterocycles. The third-order valence-electron chi connectivity index (χ3n) is 4.14. The van der Waals surface area contributed by atoms with E-state index >= 15 is 0 Å². The summed E-state index contributed by atoms with van der Waals surface area (Å²) in [5.74, 6) is 2.82. The number of thioether (sulfide) groups is 1. The summed E-state index contributed by atoms with van der Waals surface area (Å²) >= 11 is 1.95. The summed E-state index contributed by atoms with van der Waals surface area (Å²) in [6, 6.07) is 0. The van der Waals surface area contributed by atoms with Gasteiger partial charge in [0.25, 0.3) is 0 Å². The third-order valence-corrected chi connectivity index (χ3v) is 5.12. The first-order chi connectivity index (χ1) is 8.40. The topological polar surface area (TPSA) is 32.9 Å². The highest BCUT2D eigenvalue weighted by molar-refractivity contribution is 7.98. The minimum Gasteiger partial charge on any atom is -0.361 e. The molecule has 0 radical (unpaired) electrons. The molecule has 1 aromatic heterocycles. The van der Waals surface area contributed by atoms with Gasteiger partial charge in [-0.2, -0.15) is 11.8 Å². The first kappa shape index (κ1) is 11.4. The monoisotopic (exact) mass is 249 g/mol. The Labute approximate surface area is 107 Å². The number of hydrogen-bond donors (Lipinski definition) is 1. The summed E-state index contributed by atoms with van der Waals surface area (Å²) < 4.78 is 0. The molecule has 92 valence electrons. The maximum absolute atomic E-state index is 11.4. The molecule has 2 aliphatic rings. The third kappa shape index (κ3) is 2.05. The van der Waals surface area contributed by atoms with Gasteiger partial charge in [0, 0.05) is 22.7 Å². The molecule has 0 amide bonds. The molecule has 1 fully saturated rings. The zero-order valence-electron chi connectivity index (χ0n) is 10.1. The Balaban J connectivity index is 1.97. The fourth-order valence-corrected chi connectivity index (χ4v) is 4.23. The van der Waals surface area contributed by atoms with Gasteiger partial charge in [0.05, 0.1) is 0 Å². The molecule has 2 heterocycles. The SMILES string of the molecule is O=Cc1c(C2CCCCC2)[nH]c2c1CSCC2. The van der Waals surface area contributed by atoms with Crippen molar-refractivity contribution in [2.45, 2.75) is 50.2 Å². The number of aromatic nitrogens is 1. The zero-order chi connectivity index (χ0) is 11.7. The van der Waals surface area contributed by atoms with Crippen molar-refractivity contribution in [3.63, 3.8) is 0 Å². The van der Waals surface area contributed by atoms with E-state index in [9.17, 15) is 4.79 Å². The summed E-state index contributed by atoms with van der Waals surface area (Å²) in [5, 5.41) is 0. The van der Waals surface area contributed by atoms with Crippen LogP contribution in [0.25, 0.3) is 0 Å². The van der Waals surface area contributed by atoms with E-state index in [4.69, 9.17) is 0 Å². The predicted octanol–water partition coefficient (Wildman–Crippen LogP) is 3.66. The molecule has 0 bridgehead atoms. The lowest BCUT2D eigenvalue weighted by Gasteiger charge is -2.21. The van der Waals surface area contributed by atoms with E-state index in [0.717, 1.165) is 24.0 Å². The minimum absolute atomic E-state index is 0.611. The van der Waals surface area contributed by atoms with Gasteiger partial charge in [0.2, 0.25) is 0 Å². The van der Waals surface area contributed by atoms with E-state index in [2.05, 4.69) is 4.98 Å². The number of nitrogens with one attached hydrogen (secondary N) is 1. The van der Waals surface area contributed by atoms with Crippen molar-refractivity contribution in [1.29, 1.82) is 0 Å². The van der Waals surface area contributed by atoms with Gasteiger partial charge in [-0.3, -0.25) is 4.79 Å². The number of hydrogen-bond acceptors (Lipinski definition) is 2. The highest BCUT2D eigenvalue weighted by Crippen LogP contribution is 2.37. The molecule has 17 heavy (non-hydrogen) atoms. The molecule has 1 aromatic rings. The molecule has 0 unspecified atom stereocenters. The average Bonchev–Trinajstić information content (AvgIpc) is 2.78. The van der Waals surface area contributed by atoms with Gasteiger partial charge in [-0.1, -0.05) is 19.3 Å². The van der Waals surface area contributed by atoms with Crippen LogP contribution in [0.15, 0.2) is 0 Å². The lowest BCUT2D eigenvalue weighted by molar-refractivity contribution is 0.112. The van der Waals surface area contributed by atoms with Crippen LogP contribution in [0.1, 0.15) is 65.3 Å². The van der Waals surface area contributed by atoms with Crippen LogP contribution in [-0.2, 0) is 12.2 Å². The summed E-state index contributed by atoms with van der Waals surface area (Å²) in [7, 11) is 0. The lowest BCUT2D eigenvalue weighted by atomic mass is 9.85. The van der Waals surface area contributed by atoms with E-state index in [1.54, 1.807) is 0 Å². The van der Waals surface area contributed by atoms with Crippen molar-refractivity contribution in [1.82, 2.24) is 4.98 Å². The highest BCUT2D eigenvalue weighted by atomic mass is 32.2. The van der Waals surface area contributed by atoms with E-state index in [1.165, 1.54) is 54.8 Å². The summed E-state index contributed by atoms with van der Waals surface area (Å²) in [4.78, 5) is 15.0. The highest BCUT2D eigenvalue weighted by Gasteiger charge is 2.25. The standard InChI is InChI=1S/C14H19NOS/c16-8-11-12-9-17-7-6-13(12)15-14(11)10-4-2-1-3-5-10/h8,10,15H,1-7,9H2. The van der Waals surface area contributed by atoms with Crippen LogP contribution in [0.3, 0.4) is 0 Å². The molecule has 3 rings (SSSR count). The van der Waals surface area contributed by atoms with Gasteiger partial charge >= 0.3 is 0 Å². The Morgan fingerprint density at radius 3 is 2.82 bits per heavy atom. The Morgan fingerprint density at radius 2 is 2.06 bits per heavy atom. The Kier molecular flexibility index (Phi) is 3.28. The molecule has 1 N–H and O–H groups in total. The fourth-order valence-electron chi connectivity index (χ4n) is 3.21. The minimum atomic E-state index is 0.611. The molecule has 0 aromatic carbocycles. The number of aryl methyl sites for hydroxylation is 1. The van der Waals surface area contributed by atoms with Gasteiger partial charge in [-0.15, -0.1) is 0 Å². The number of H-pyrrole nitrogens is 1. The van der Waals surface area contributed by atoms with Crippen molar-refractivity contribution < 1.29 is 4.79 Å². The van der Waals surface area contributed by atoms with E-state index in [0.29, 0.717) is 5.92 Å². The fraction of sp³-hybridized carbons (Fsp3) is 0.643. The Bertz CT molecular complexity index is 418. The second kappa shape index (κ2) is 4.89. The summed E-state index contributed by atoms with van der Waals surface area (Å²) in [6.07, 6.45) is 8.71. The number of carbonyl (C=O) groups excluding carboxylic acids is 1. The smallest absolute Gasteiger partial charge is 0.152 e.